The van der Waals surface area contributed by atoms with E-state index in [0.29, 0.717) is 12.6 Å². The van der Waals surface area contributed by atoms with Gasteiger partial charge in [0.05, 0.1) is 0 Å². The first-order valence-electron chi connectivity index (χ1n) is 9.73. The van der Waals surface area contributed by atoms with Crippen LogP contribution in [-0.4, -0.2) is 33.6 Å². The Labute approximate surface area is 188 Å². The number of benzene rings is 1. The molecular formula is C22H27IN6. The van der Waals surface area contributed by atoms with Crippen molar-refractivity contribution in [2.24, 2.45) is 4.99 Å². The Kier molecular flexibility index (Phi) is 7.24. The van der Waals surface area contributed by atoms with Crippen LogP contribution >= 0.6 is 24.0 Å². The summed E-state index contributed by atoms with van der Waals surface area (Å²) in [5.74, 6) is 2.64. The van der Waals surface area contributed by atoms with Crippen LogP contribution in [0.4, 0.5) is 0 Å². The van der Waals surface area contributed by atoms with Crippen LogP contribution in [0.1, 0.15) is 28.9 Å². The molecule has 1 aromatic carbocycles. The first-order valence-corrected chi connectivity index (χ1v) is 9.73. The predicted molar refractivity (Wildman–Crippen MR) is 127 cm³/mol. The van der Waals surface area contributed by atoms with Gasteiger partial charge >= 0.3 is 0 Å². The number of fused-ring (bicyclic) bond motifs is 1. The molecule has 3 aromatic rings. The average Bonchev–Trinajstić information content (AvgIpc) is 3.17. The molecule has 1 aliphatic carbocycles. The second kappa shape index (κ2) is 9.87. The van der Waals surface area contributed by atoms with E-state index in [1.807, 2.05) is 37.0 Å². The van der Waals surface area contributed by atoms with Gasteiger partial charge in [0.1, 0.15) is 11.6 Å². The molecule has 0 saturated carbocycles. The van der Waals surface area contributed by atoms with Gasteiger partial charge in [0.15, 0.2) is 5.96 Å². The molecule has 4 rings (SSSR count). The largest absolute Gasteiger partial charge is 0.353 e. The van der Waals surface area contributed by atoms with Crippen molar-refractivity contribution in [3.8, 4) is 5.82 Å². The van der Waals surface area contributed by atoms with Crippen molar-refractivity contribution in [3.63, 3.8) is 0 Å². The molecule has 6 nitrogen and oxygen atoms in total. The molecule has 0 amide bonds. The number of aromatic nitrogens is 3. The molecule has 1 aliphatic rings. The van der Waals surface area contributed by atoms with Crippen molar-refractivity contribution in [1.29, 1.82) is 0 Å². The van der Waals surface area contributed by atoms with Crippen molar-refractivity contribution in [2.45, 2.75) is 38.8 Å². The normalized spacial score (nSPS) is 15.9. The summed E-state index contributed by atoms with van der Waals surface area (Å²) in [6.07, 6.45) is 8.80. The lowest BCUT2D eigenvalue weighted by atomic mass is 9.88. The number of rotatable bonds is 4. The Morgan fingerprint density at radius 1 is 1.14 bits per heavy atom. The zero-order valence-electron chi connectivity index (χ0n) is 16.8. The maximum Gasteiger partial charge on any atom is 0.191 e. The van der Waals surface area contributed by atoms with E-state index < -0.39 is 0 Å². The van der Waals surface area contributed by atoms with Crippen LogP contribution in [0.15, 0.2) is 60.0 Å². The fourth-order valence-electron chi connectivity index (χ4n) is 3.77. The Bertz CT molecular complexity index is 981. The molecule has 2 heterocycles. The van der Waals surface area contributed by atoms with Gasteiger partial charge < -0.3 is 10.6 Å². The van der Waals surface area contributed by atoms with Gasteiger partial charge in [-0.25, -0.2) is 9.97 Å². The van der Waals surface area contributed by atoms with E-state index in [9.17, 15) is 0 Å². The van der Waals surface area contributed by atoms with E-state index in [-0.39, 0.29) is 24.0 Å². The maximum absolute atomic E-state index is 4.55. The highest BCUT2D eigenvalue weighted by Crippen LogP contribution is 2.21. The Hall–Kier alpha value is -2.42. The van der Waals surface area contributed by atoms with Crippen molar-refractivity contribution in [3.05, 3.63) is 77.5 Å². The second-order valence-corrected chi connectivity index (χ2v) is 7.11. The number of hydrogen-bond acceptors (Lipinski definition) is 3. The van der Waals surface area contributed by atoms with E-state index >= 15 is 0 Å². The molecule has 2 aromatic heterocycles. The number of pyridine rings is 1. The Morgan fingerprint density at radius 2 is 1.97 bits per heavy atom. The SMILES string of the molecule is CN=C(NCc1cccnc1-n1ccnc1C)NC1CCc2ccccc2C1.I. The highest BCUT2D eigenvalue weighted by atomic mass is 127. The minimum absolute atomic E-state index is 0. The molecule has 0 fully saturated rings. The van der Waals surface area contributed by atoms with E-state index in [1.165, 1.54) is 11.1 Å². The van der Waals surface area contributed by atoms with Crippen LogP contribution < -0.4 is 10.6 Å². The number of aryl methyl sites for hydroxylation is 2. The smallest absolute Gasteiger partial charge is 0.191 e. The molecule has 0 saturated heterocycles. The van der Waals surface area contributed by atoms with E-state index in [1.54, 1.807) is 6.20 Å². The van der Waals surface area contributed by atoms with Gasteiger partial charge in [-0.05, 0) is 43.4 Å². The van der Waals surface area contributed by atoms with Crippen molar-refractivity contribution < 1.29 is 0 Å². The average molecular weight is 502 g/mol. The number of nitrogens with zero attached hydrogens (tertiary/aromatic N) is 4. The van der Waals surface area contributed by atoms with Gasteiger partial charge in [-0.2, -0.15) is 0 Å². The quantitative estimate of drug-likeness (QED) is 0.326. The van der Waals surface area contributed by atoms with Crippen LogP contribution in [-0.2, 0) is 19.4 Å². The first kappa shape index (κ1) is 21.3. The summed E-state index contributed by atoms with van der Waals surface area (Å²) in [4.78, 5) is 13.3. The number of hydrogen-bond donors (Lipinski definition) is 2. The van der Waals surface area contributed by atoms with Gasteiger partial charge in [0.2, 0.25) is 0 Å². The monoisotopic (exact) mass is 502 g/mol. The highest BCUT2D eigenvalue weighted by molar-refractivity contribution is 14.0. The molecule has 0 aliphatic heterocycles. The molecule has 29 heavy (non-hydrogen) atoms. The molecular weight excluding hydrogens is 475 g/mol. The Balaban J connectivity index is 0.00000240. The van der Waals surface area contributed by atoms with Crippen LogP contribution in [0.5, 0.6) is 0 Å². The number of imidazole rings is 1. The molecule has 1 atom stereocenters. The van der Waals surface area contributed by atoms with E-state index in [0.717, 1.165) is 42.4 Å². The third-order valence-corrected chi connectivity index (χ3v) is 5.28. The van der Waals surface area contributed by atoms with Crippen molar-refractivity contribution in [1.82, 2.24) is 25.2 Å². The van der Waals surface area contributed by atoms with Crippen molar-refractivity contribution in [2.75, 3.05) is 7.05 Å². The molecule has 7 heteroatoms. The molecule has 2 N–H and O–H groups in total. The summed E-state index contributed by atoms with van der Waals surface area (Å²) >= 11 is 0. The highest BCUT2D eigenvalue weighted by Gasteiger charge is 2.19. The van der Waals surface area contributed by atoms with Crippen molar-refractivity contribution >= 4 is 29.9 Å². The number of halogens is 1. The molecule has 0 bridgehead atoms. The lowest BCUT2D eigenvalue weighted by molar-refractivity contribution is 0.520. The van der Waals surface area contributed by atoms with Crippen LogP contribution in [0.3, 0.4) is 0 Å². The summed E-state index contributed by atoms with van der Waals surface area (Å²) < 4.78 is 2.01. The molecule has 0 radical (unpaired) electrons. The second-order valence-electron chi connectivity index (χ2n) is 7.11. The Morgan fingerprint density at radius 3 is 2.72 bits per heavy atom. The van der Waals surface area contributed by atoms with Gasteiger partial charge in [0.25, 0.3) is 0 Å². The van der Waals surface area contributed by atoms with Crippen LogP contribution in [0, 0.1) is 6.92 Å². The number of aliphatic imine (C=N–C) groups is 1. The summed E-state index contributed by atoms with van der Waals surface area (Å²) in [7, 11) is 1.82. The van der Waals surface area contributed by atoms with Crippen LogP contribution in [0.2, 0.25) is 0 Å². The van der Waals surface area contributed by atoms with Gasteiger partial charge in [0, 0.05) is 43.8 Å². The fourth-order valence-corrected chi connectivity index (χ4v) is 3.77. The number of nitrogens with one attached hydrogen (secondary N) is 2. The minimum Gasteiger partial charge on any atom is -0.353 e. The summed E-state index contributed by atoms with van der Waals surface area (Å²) in [6.45, 7) is 2.62. The summed E-state index contributed by atoms with van der Waals surface area (Å²) in [6, 6.07) is 13.1. The number of guanidine groups is 1. The third kappa shape index (κ3) is 4.95. The van der Waals surface area contributed by atoms with E-state index in [4.69, 9.17) is 0 Å². The van der Waals surface area contributed by atoms with Crippen LogP contribution in [0.25, 0.3) is 5.82 Å². The lowest BCUT2D eigenvalue weighted by Gasteiger charge is -2.27. The van der Waals surface area contributed by atoms with E-state index in [2.05, 4.69) is 55.9 Å². The standard InChI is InChI=1S/C22H26N6.HI/c1-16-24-12-13-28(16)21-19(8-5-11-25-21)15-26-22(23-2)27-20-10-9-17-6-3-4-7-18(17)14-20;/h3-8,11-13,20H,9-10,14-15H2,1-2H3,(H2,23,26,27);1H. The summed E-state index contributed by atoms with van der Waals surface area (Å²) in [5, 5.41) is 7.03. The molecule has 0 spiro atoms. The molecule has 152 valence electrons. The zero-order chi connectivity index (χ0) is 19.3. The first-order chi connectivity index (χ1) is 13.7. The topological polar surface area (TPSA) is 67.1 Å². The summed E-state index contributed by atoms with van der Waals surface area (Å²) in [5.41, 5.74) is 4.01. The zero-order valence-corrected chi connectivity index (χ0v) is 19.1. The van der Waals surface area contributed by atoms with Gasteiger partial charge in [-0.1, -0.05) is 30.3 Å². The minimum atomic E-state index is 0. The third-order valence-electron chi connectivity index (χ3n) is 5.28. The fraction of sp³-hybridized carbons (Fsp3) is 0.318. The maximum atomic E-state index is 4.55. The van der Waals surface area contributed by atoms with Gasteiger partial charge in [-0.3, -0.25) is 9.56 Å². The lowest BCUT2D eigenvalue weighted by Crippen LogP contribution is -2.45. The molecule has 1 unspecified atom stereocenters. The predicted octanol–water partition coefficient (Wildman–Crippen LogP) is 3.42. The van der Waals surface area contributed by atoms with Gasteiger partial charge in [-0.15, -0.1) is 24.0 Å².